The molecule has 0 aromatic heterocycles. The standard InChI is InChI=1S/C15H16P2/c1-3-11-9-13(17)5-7-15(11)14-6-4-12(16)8-10(14)2/h3-9H,2,16-17H2,1H3/b11-3-,15-14-. The SMILES string of the molecule is C=c1cc(P)cc/c1=c1\ccc(P)c\c1=C\C. The first kappa shape index (κ1) is 12.5. The lowest BCUT2D eigenvalue weighted by atomic mass is 10.1. The van der Waals surface area contributed by atoms with Crippen LogP contribution in [0.25, 0.3) is 12.7 Å². The molecule has 0 saturated heterocycles. The van der Waals surface area contributed by atoms with Gasteiger partial charge in [0.2, 0.25) is 0 Å². The minimum Gasteiger partial charge on any atom is -0.106 e. The first-order valence-electron chi connectivity index (χ1n) is 5.52. The highest BCUT2D eigenvalue weighted by Gasteiger charge is 1.91. The van der Waals surface area contributed by atoms with Gasteiger partial charge in [-0.25, -0.2) is 0 Å². The van der Waals surface area contributed by atoms with Crippen LogP contribution in [0.5, 0.6) is 0 Å². The Balaban J connectivity index is 3.07. The molecule has 0 saturated carbocycles. The largest absolute Gasteiger partial charge is 0.106 e. The number of hydrogen-bond donors (Lipinski definition) is 0. The smallest absolute Gasteiger partial charge is 0.0108 e. The summed E-state index contributed by atoms with van der Waals surface area (Å²) >= 11 is 0. The molecular weight excluding hydrogens is 242 g/mol. The molecule has 0 N–H and O–H groups in total. The van der Waals surface area contributed by atoms with E-state index in [1.165, 1.54) is 26.3 Å². The number of hydrogen-bond acceptors (Lipinski definition) is 0. The zero-order valence-corrected chi connectivity index (χ0v) is 12.2. The normalized spacial score (nSPS) is 13.9. The molecule has 0 bridgehead atoms. The van der Waals surface area contributed by atoms with Gasteiger partial charge in [0.25, 0.3) is 0 Å². The van der Waals surface area contributed by atoms with Gasteiger partial charge in [0.05, 0.1) is 0 Å². The van der Waals surface area contributed by atoms with E-state index in [0.29, 0.717) is 0 Å². The van der Waals surface area contributed by atoms with E-state index in [0.717, 1.165) is 5.22 Å². The molecule has 0 spiro atoms. The van der Waals surface area contributed by atoms with E-state index in [2.05, 4.69) is 74.5 Å². The van der Waals surface area contributed by atoms with Gasteiger partial charge in [-0.05, 0) is 50.5 Å². The Kier molecular flexibility index (Phi) is 3.77. The van der Waals surface area contributed by atoms with Crippen LogP contribution >= 0.6 is 18.5 Å². The summed E-state index contributed by atoms with van der Waals surface area (Å²) in [7, 11) is 5.44. The Bertz CT molecular complexity index is 745. The Morgan fingerprint density at radius 2 is 1.53 bits per heavy atom. The van der Waals surface area contributed by atoms with Crippen molar-refractivity contribution in [2.75, 3.05) is 0 Å². The first-order chi connectivity index (χ1) is 8.11. The van der Waals surface area contributed by atoms with Crippen molar-refractivity contribution < 1.29 is 0 Å². The Hall–Kier alpha value is -0.960. The van der Waals surface area contributed by atoms with E-state index in [1.807, 2.05) is 0 Å². The van der Waals surface area contributed by atoms with Crippen molar-refractivity contribution >= 4 is 41.7 Å². The average molecular weight is 258 g/mol. The molecule has 2 heteroatoms. The summed E-state index contributed by atoms with van der Waals surface area (Å²) in [6, 6.07) is 12.8. The molecule has 17 heavy (non-hydrogen) atoms. The van der Waals surface area contributed by atoms with E-state index in [1.54, 1.807) is 0 Å². The molecular formula is C15H16P2. The zero-order chi connectivity index (χ0) is 12.4. The van der Waals surface area contributed by atoms with Gasteiger partial charge < -0.3 is 0 Å². The van der Waals surface area contributed by atoms with Crippen LogP contribution < -0.4 is 21.0 Å². The van der Waals surface area contributed by atoms with Gasteiger partial charge in [0.1, 0.15) is 0 Å². The van der Waals surface area contributed by atoms with Gasteiger partial charge in [-0.15, -0.1) is 18.5 Å². The van der Waals surface area contributed by atoms with E-state index in [9.17, 15) is 0 Å². The van der Waals surface area contributed by atoms with Crippen LogP contribution in [0, 0.1) is 10.4 Å². The van der Waals surface area contributed by atoms with E-state index >= 15 is 0 Å². The highest BCUT2D eigenvalue weighted by Crippen LogP contribution is 1.91. The molecule has 0 aliphatic rings. The second-order valence-corrected chi connectivity index (χ2v) is 5.39. The van der Waals surface area contributed by atoms with Crippen molar-refractivity contribution in [3.05, 3.63) is 57.3 Å². The molecule has 0 radical (unpaired) electrons. The maximum atomic E-state index is 4.12. The number of benzene rings is 2. The Labute approximate surface area is 106 Å². The Morgan fingerprint density at radius 3 is 2.12 bits per heavy atom. The predicted octanol–water partition coefficient (Wildman–Crippen LogP) is 1.19. The predicted molar refractivity (Wildman–Crippen MR) is 84.2 cm³/mol. The van der Waals surface area contributed by atoms with Gasteiger partial charge in [0.15, 0.2) is 0 Å². The van der Waals surface area contributed by atoms with Gasteiger partial charge in [-0.3, -0.25) is 0 Å². The van der Waals surface area contributed by atoms with Crippen molar-refractivity contribution in [2.45, 2.75) is 6.92 Å². The Morgan fingerprint density at radius 1 is 0.941 bits per heavy atom. The number of rotatable bonds is 0. The van der Waals surface area contributed by atoms with Crippen molar-refractivity contribution in [3.63, 3.8) is 0 Å². The van der Waals surface area contributed by atoms with Crippen molar-refractivity contribution in [2.24, 2.45) is 0 Å². The molecule has 0 fully saturated rings. The summed E-state index contributed by atoms with van der Waals surface area (Å²) in [4.78, 5) is 0. The van der Waals surface area contributed by atoms with E-state index in [-0.39, 0.29) is 0 Å². The van der Waals surface area contributed by atoms with Crippen molar-refractivity contribution in [3.8, 4) is 0 Å². The maximum absolute atomic E-state index is 4.12. The van der Waals surface area contributed by atoms with Crippen LogP contribution in [0.4, 0.5) is 0 Å². The topological polar surface area (TPSA) is 0 Å². The van der Waals surface area contributed by atoms with E-state index < -0.39 is 0 Å². The second-order valence-electron chi connectivity index (χ2n) is 4.05. The van der Waals surface area contributed by atoms with Crippen molar-refractivity contribution in [1.82, 2.24) is 0 Å². The summed E-state index contributed by atoms with van der Waals surface area (Å²) < 4.78 is 0. The minimum atomic E-state index is 1.07. The minimum absolute atomic E-state index is 1.07. The molecule has 0 aliphatic carbocycles. The molecule has 2 atom stereocenters. The highest BCUT2D eigenvalue weighted by atomic mass is 31.0. The van der Waals surface area contributed by atoms with Gasteiger partial charge in [0, 0.05) is 0 Å². The monoisotopic (exact) mass is 258 g/mol. The summed E-state index contributed by atoms with van der Waals surface area (Å²) in [6.07, 6.45) is 2.14. The van der Waals surface area contributed by atoms with Crippen LogP contribution in [0.2, 0.25) is 0 Å². The summed E-state index contributed by atoms with van der Waals surface area (Å²) in [5.41, 5.74) is 0. The third-order valence-electron chi connectivity index (χ3n) is 2.81. The van der Waals surface area contributed by atoms with Crippen LogP contribution in [0.15, 0.2) is 36.4 Å². The van der Waals surface area contributed by atoms with Crippen LogP contribution in [-0.4, -0.2) is 0 Å². The lowest BCUT2D eigenvalue weighted by Crippen LogP contribution is -2.13. The molecule has 0 heterocycles. The highest BCUT2D eigenvalue weighted by molar-refractivity contribution is 7.27. The van der Waals surface area contributed by atoms with Crippen molar-refractivity contribution in [1.29, 1.82) is 0 Å². The fraction of sp³-hybridized carbons (Fsp3) is 0.0667. The molecule has 2 rings (SSSR count). The molecule has 2 unspecified atom stereocenters. The van der Waals surface area contributed by atoms with Gasteiger partial charge in [-0.1, -0.05) is 36.9 Å². The summed E-state index contributed by atoms with van der Waals surface area (Å²) in [6.45, 7) is 6.19. The lowest BCUT2D eigenvalue weighted by molar-refractivity contribution is 1.42. The molecule has 2 aromatic rings. The van der Waals surface area contributed by atoms with Crippen LogP contribution in [-0.2, 0) is 0 Å². The van der Waals surface area contributed by atoms with Crippen LogP contribution in [0.1, 0.15) is 6.92 Å². The second kappa shape index (κ2) is 5.13. The molecule has 0 aliphatic heterocycles. The quantitative estimate of drug-likeness (QED) is 0.623. The van der Waals surface area contributed by atoms with Gasteiger partial charge >= 0.3 is 0 Å². The third kappa shape index (κ3) is 2.65. The fourth-order valence-corrected chi connectivity index (χ4v) is 2.51. The first-order valence-corrected chi connectivity index (χ1v) is 6.68. The maximum Gasteiger partial charge on any atom is -0.0108 e. The average Bonchev–Trinajstić information content (AvgIpc) is 2.30. The molecule has 2 aromatic carbocycles. The lowest BCUT2D eigenvalue weighted by Gasteiger charge is -1.97. The fourth-order valence-electron chi connectivity index (χ4n) is 1.94. The summed E-state index contributed by atoms with van der Waals surface area (Å²) in [5, 5.41) is 7.14. The summed E-state index contributed by atoms with van der Waals surface area (Å²) in [5.74, 6) is 0. The van der Waals surface area contributed by atoms with Gasteiger partial charge in [-0.2, -0.15) is 0 Å². The molecule has 0 amide bonds. The third-order valence-corrected chi connectivity index (χ3v) is 3.52. The molecule has 86 valence electrons. The zero-order valence-electron chi connectivity index (χ0n) is 9.90. The van der Waals surface area contributed by atoms with E-state index in [4.69, 9.17) is 0 Å². The van der Waals surface area contributed by atoms with Crippen LogP contribution in [0.3, 0.4) is 0 Å². The molecule has 0 nitrogen and oxygen atoms in total.